The zero-order valence-electron chi connectivity index (χ0n) is 16.7. The van der Waals surface area contributed by atoms with Crippen molar-refractivity contribution in [3.05, 3.63) is 106 Å². The molecule has 0 fully saturated rings. The molecule has 2 aromatic carbocycles. The van der Waals surface area contributed by atoms with Crippen molar-refractivity contribution in [2.75, 3.05) is 19.6 Å². The quantitative estimate of drug-likeness (QED) is 0.553. The molecule has 1 unspecified atom stereocenters. The van der Waals surface area contributed by atoms with Gasteiger partial charge in [0.25, 0.3) is 5.91 Å². The lowest BCUT2D eigenvalue weighted by molar-refractivity contribution is -0.133. The second-order valence-corrected chi connectivity index (χ2v) is 8.29. The van der Waals surface area contributed by atoms with Crippen LogP contribution in [-0.4, -0.2) is 41.2 Å². The topological polar surface area (TPSA) is 40.6 Å². The summed E-state index contributed by atoms with van der Waals surface area (Å²) in [5, 5.41) is 2.09. The van der Waals surface area contributed by atoms with E-state index >= 15 is 0 Å². The number of hydrogen-bond donors (Lipinski definition) is 0. The van der Waals surface area contributed by atoms with Gasteiger partial charge < -0.3 is 9.80 Å². The Morgan fingerprint density at radius 3 is 2.47 bits per heavy atom. The maximum atomic E-state index is 13.4. The number of hydrogen-bond acceptors (Lipinski definition) is 3. The number of carbonyl (C=O) groups excluding carboxylic acids is 2. The molecule has 5 heteroatoms. The fraction of sp³-hybridized carbons (Fsp3) is 0.200. The fourth-order valence-electron chi connectivity index (χ4n) is 3.97. The summed E-state index contributed by atoms with van der Waals surface area (Å²) in [7, 11) is 0. The first-order chi connectivity index (χ1) is 14.7. The van der Waals surface area contributed by atoms with Crippen LogP contribution < -0.4 is 0 Å². The van der Waals surface area contributed by atoms with Gasteiger partial charge in [0.1, 0.15) is 6.54 Å². The van der Waals surface area contributed by atoms with Crippen LogP contribution in [0.15, 0.2) is 84.8 Å². The average molecular weight is 417 g/mol. The Morgan fingerprint density at radius 2 is 1.77 bits per heavy atom. The van der Waals surface area contributed by atoms with Gasteiger partial charge in [-0.2, -0.15) is 0 Å². The van der Waals surface area contributed by atoms with Gasteiger partial charge in [0.05, 0.1) is 6.04 Å². The van der Waals surface area contributed by atoms with Crippen molar-refractivity contribution in [1.82, 2.24) is 9.80 Å². The van der Waals surface area contributed by atoms with Crippen LogP contribution in [0.1, 0.15) is 32.4 Å². The molecule has 1 atom stereocenters. The molecule has 0 radical (unpaired) electrons. The van der Waals surface area contributed by atoms with E-state index in [4.69, 9.17) is 0 Å². The zero-order chi connectivity index (χ0) is 20.9. The molecular weight excluding hydrogens is 392 g/mol. The molecule has 1 aliphatic heterocycles. The predicted octanol–water partition coefficient (Wildman–Crippen LogP) is 4.55. The third-order valence-electron chi connectivity index (χ3n) is 5.39. The Morgan fingerprint density at radius 1 is 1.07 bits per heavy atom. The molecule has 4 rings (SSSR count). The van der Waals surface area contributed by atoms with E-state index in [1.807, 2.05) is 41.3 Å². The summed E-state index contributed by atoms with van der Waals surface area (Å²) >= 11 is 1.75. The maximum absolute atomic E-state index is 13.4. The van der Waals surface area contributed by atoms with E-state index in [-0.39, 0.29) is 24.4 Å². The number of benzene rings is 2. The summed E-state index contributed by atoms with van der Waals surface area (Å²) in [6.45, 7) is 4.77. The van der Waals surface area contributed by atoms with Crippen molar-refractivity contribution >= 4 is 23.2 Å². The number of nitrogens with zero attached hydrogens (tertiary/aromatic N) is 2. The van der Waals surface area contributed by atoms with E-state index < -0.39 is 0 Å². The summed E-state index contributed by atoms with van der Waals surface area (Å²) in [5.74, 6) is -0.208. The molecule has 0 N–H and O–H groups in total. The first kappa shape index (κ1) is 20.1. The van der Waals surface area contributed by atoms with Crippen LogP contribution in [0.4, 0.5) is 0 Å². The normalized spacial score (nSPS) is 15.3. The highest BCUT2D eigenvalue weighted by Crippen LogP contribution is 2.37. The van der Waals surface area contributed by atoms with E-state index in [2.05, 4.69) is 30.2 Å². The van der Waals surface area contributed by atoms with Gasteiger partial charge in [0.2, 0.25) is 5.91 Å². The van der Waals surface area contributed by atoms with Crippen molar-refractivity contribution in [3.63, 3.8) is 0 Å². The Labute approximate surface area is 181 Å². The van der Waals surface area contributed by atoms with Crippen LogP contribution in [0.5, 0.6) is 0 Å². The van der Waals surface area contributed by atoms with E-state index in [9.17, 15) is 9.59 Å². The number of rotatable bonds is 6. The SMILES string of the molecule is C=CCN(CC(=O)N1CCc2sccc2C1c1ccccc1)C(=O)c1ccccc1. The Balaban J connectivity index is 1.60. The number of amides is 2. The van der Waals surface area contributed by atoms with Crippen LogP contribution in [0.3, 0.4) is 0 Å². The fourth-order valence-corrected chi connectivity index (χ4v) is 4.88. The van der Waals surface area contributed by atoms with Crippen molar-refractivity contribution in [2.45, 2.75) is 12.5 Å². The zero-order valence-corrected chi connectivity index (χ0v) is 17.6. The molecule has 4 nitrogen and oxygen atoms in total. The average Bonchev–Trinajstić information content (AvgIpc) is 3.27. The maximum Gasteiger partial charge on any atom is 0.254 e. The third kappa shape index (κ3) is 4.07. The summed E-state index contributed by atoms with van der Waals surface area (Å²) in [4.78, 5) is 31.2. The van der Waals surface area contributed by atoms with Crippen molar-refractivity contribution in [3.8, 4) is 0 Å². The van der Waals surface area contributed by atoms with Crippen molar-refractivity contribution in [2.24, 2.45) is 0 Å². The summed E-state index contributed by atoms with van der Waals surface area (Å²) in [5.41, 5.74) is 2.86. The second-order valence-electron chi connectivity index (χ2n) is 7.29. The van der Waals surface area contributed by atoms with E-state index in [0.29, 0.717) is 18.7 Å². The molecular formula is C25H24N2O2S. The van der Waals surface area contributed by atoms with Gasteiger partial charge in [-0.25, -0.2) is 0 Å². The van der Waals surface area contributed by atoms with Gasteiger partial charge >= 0.3 is 0 Å². The number of carbonyl (C=O) groups is 2. The van der Waals surface area contributed by atoms with E-state index in [0.717, 1.165) is 12.0 Å². The van der Waals surface area contributed by atoms with Crippen LogP contribution in [0, 0.1) is 0 Å². The Bertz CT molecular complexity index is 1030. The Kier molecular flexibility index (Phi) is 6.10. The lowest BCUT2D eigenvalue weighted by Gasteiger charge is -2.37. The largest absolute Gasteiger partial charge is 0.330 e. The number of fused-ring (bicyclic) bond motifs is 1. The highest BCUT2D eigenvalue weighted by atomic mass is 32.1. The van der Waals surface area contributed by atoms with Gasteiger partial charge in [0, 0.05) is 23.5 Å². The summed E-state index contributed by atoms with van der Waals surface area (Å²) in [6, 6.07) is 21.2. The van der Waals surface area contributed by atoms with Gasteiger partial charge in [-0.3, -0.25) is 9.59 Å². The molecule has 30 heavy (non-hydrogen) atoms. The van der Waals surface area contributed by atoms with Gasteiger partial charge in [-0.15, -0.1) is 17.9 Å². The van der Waals surface area contributed by atoms with E-state index in [1.54, 1.807) is 34.4 Å². The van der Waals surface area contributed by atoms with Gasteiger partial charge in [-0.1, -0.05) is 54.6 Å². The molecule has 0 saturated heterocycles. The van der Waals surface area contributed by atoms with Crippen molar-refractivity contribution in [1.29, 1.82) is 0 Å². The van der Waals surface area contributed by atoms with Gasteiger partial charge in [-0.05, 0) is 41.1 Å². The predicted molar refractivity (Wildman–Crippen MR) is 121 cm³/mol. The molecule has 152 valence electrons. The van der Waals surface area contributed by atoms with Crippen LogP contribution >= 0.6 is 11.3 Å². The highest BCUT2D eigenvalue weighted by Gasteiger charge is 2.33. The summed E-state index contributed by atoms with van der Waals surface area (Å²) in [6.07, 6.45) is 2.51. The third-order valence-corrected chi connectivity index (χ3v) is 6.38. The lowest BCUT2D eigenvalue weighted by Crippen LogP contribution is -2.46. The lowest BCUT2D eigenvalue weighted by atomic mass is 9.93. The summed E-state index contributed by atoms with van der Waals surface area (Å²) < 4.78 is 0. The minimum Gasteiger partial charge on any atom is -0.330 e. The van der Waals surface area contributed by atoms with Crippen molar-refractivity contribution < 1.29 is 9.59 Å². The molecule has 3 aromatic rings. The minimum atomic E-state index is -0.159. The molecule has 1 aromatic heterocycles. The van der Waals surface area contributed by atoms with Crippen LogP contribution in [0.25, 0.3) is 0 Å². The highest BCUT2D eigenvalue weighted by molar-refractivity contribution is 7.10. The van der Waals surface area contributed by atoms with Crippen LogP contribution in [-0.2, 0) is 11.2 Å². The second kappa shape index (κ2) is 9.09. The molecule has 0 spiro atoms. The van der Waals surface area contributed by atoms with E-state index in [1.165, 1.54) is 10.4 Å². The molecule has 2 amide bonds. The standard InChI is InChI=1S/C25H24N2O2S/c1-2-15-26(25(29)20-11-7-4-8-12-20)18-23(28)27-16-13-22-21(14-17-30-22)24(27)19-9-5-3-6-10-19/h2-12,14,17,24H,1,13,15-16,18H2. The molecule has 2 heterocycles. The van der Waals surface area contributed by atoms with Gasteiger partial charge in [0.15, 0.2) is 0 Å². The monoisotopic (exact) mass is 416 g/mol. The first-order valence-electron chi connectivity index (χ1n) is 10.0. The minimum absolute atomic E-state index is 0.0303. The molecule has 0 saturated carbocycles. The first-order valence-corrected chi connectivity index (χ1v) is 10.9. The Hall–Kier alpha value is -3.18. The molecule has 0 bridgehead atoms. The number of thiophene rings is 1. The molecule has 1 aliphatic rings. The smallest absolute Gasteiger partial charge is 0.254 e. The van der Waals surface area contributed by atoms with Crippen LogP contribution in [0.2, 0.25) is 0 Å². The molecule has 0 aliphatic carbocycles.